The fourth-order valence-corrected chi connectivity index (χ4v) is 2.70. The van der Waals surface area contributed by atoms with Gasteiger partial charge in [0.05, 0.1) is 6.04 Å². The van der Waals surface area contributed by atoms with Crippen molar-refractivity contribution in [3.63, 3.8) is 0 Å². The van der Waals surface area contributed by atoms with Gasteiger partial charge < -0.3 is 15.2 Å². The van der Waals surface area contributed by atoms with Gasteiger partial charge in [0.2, 0.25) is 5.91 Å². The van der Waals surface area contributed by atoms with E-state index >= 15 is 0 Å². The fraction of sp³-hybridized carbons (Fsp3) is 0.471. The summed E-state index contributed by atoms with van der Waals surface area (Å²) in [5.41, 5.74) is 2.61. The van der Waals surface area contributed by atoms with Gasteiger partial charge in [-0.1, -0.05) is 24.6 Å². The molecular weight excluding hydrogens is 292 g/mol. The van der Waals surface area contributed by atoms with Crippen molar-refractivity contribution < 1.29 is 9.32 Å². The summed E-state index contributed by atoms with van der Waals surface area (Å²) in [6.07, 6.45) is 3.83. The lowest BCUT2D eigenvalue weighted by molar-refractivity contribution is -0.118. The summed E-state index contributed by atoms with van der Waals surface area (Å²) in [6.45, 7) is 4.85. The Morgan fingerprint density at radius 3 is 3.00 bits per heavy atom. The standard InChI is InChI=1S/C17H22N4O2/c1-3-15-20-17(23-21-15)12-8-7-11(2)14(10-12)19-16(22)13-6-4-5-9-18-13/h7-8,10,13,18H,3-6,9H2,1-2H3,(H,19,22). The van der Waals surface area contributed by atoms with Crippen LogP contribution < -0.4 is 10.6 Å². The molecule has 1 amide bonds. The molecule has 0 bridgehead atoms. The highest BCUT2D eigenvalue weighted by atomic mass is 16.5. The first-order valence-corrected chi connectivity index (χ1v) is 8.15. The fourth-order valence-electron chi connectivity index (χ4n) is 2.70. The molecule has 2 aromatic rings. The molecule has 0 spiro atoms. The van der Waals surface area contributed by atoms with Crippen molar-refractivity contribution in [2.75, 3.05) is 11.9 Å². The minimum atomic E-state index is -0.109. The second kappa shape index (κ2) is 6.91. The van der Waals surface area contributed by atoms with Crippen molar-refractivity contribution >= 4 is 11.6 Å². The molecule has 1 aromatic heterocycles. The van der Waals surface area contributed by atoms with Gasteiger partial charge in [0, 0.05) is 17.7 Å². The predicted octanol–water partition coefficient (Wildman–Crippen LogP) is 2.69. The molecule has 1 fully saturated rings. The normalized spacial score (nSPS) is 17.9. The van der Waals surface area contributed by atoms with E-state index in [4.69, 9.17) is 4.52 Å². The molecule has 2 N–H and O–H groups in total. The summed E-state index contributed by atoms with van der Waals surface area (Å²) in [4.78, 5) is 16.7. The molecule has 1 saturated heterocycles. The first-order valence-electron chi connectivity index (χ1n) is 8.15. The number of anilines is 1. The van der Waals surface area contributed by atoms with Gasteiger partial charge in [-0.05, 0) is 44.0 Å². The van der Waals surface area contributed by atoms with E-state index < -0.39 is 0 Å². The third kappa shape index (κ3) is 3.59. The number of hydrogen-bond donors (Lipinski definition) is 2. The van der Waals surface area contributed by atoms with Gasteiger partial charge in [-0.3, -0.25) is 4.79 Å². The summed E-state index contributed by atoms with van der Waals surface area (Å²) in [5, 5.41) is 10.2. The van der Waals surface area contributed by atoms with E-state index in [2.05, 4.69) is 20.8 Å². The van der Waals surface area contributed by atoms with Crippen molar-refractivity contribution in [3.05, 3.63) is 29.6 Å². The van der Waals surface area contributed by atoms with Crippen LogP contribution in [0, 0.1) is 6.92 Å². The number of benzene rings is 1. The minimum absolute atomic E-state index is 0.0183. The SMILES string of the molecule is CCc1noc(-c2ccc(C)c(NC(=O)C3CCCCN3)c2)n1. The smallest absolute Gasteiger partial charge is 0.257 e. The number of nitrogens with one attached hydrogen (secondary N) is 2. The van der Waals surface area contributed by atoms with Gasteiger partial charge in [0.25, 0.3) is 5.89 Å². The molecule has 1 atom stereocenters. The van der Waals surface area contributed by atoms with Crippen LogP contribution >= 0.6 is 0 Å². The summed E-state index contributed by atoms with van der Waals surface area (Å²) >= 11 is 0. The van der Waals surface area contributed by atoms with Gasteiger partial charge in [-0.15, -0.1) is 0 Å². The molecule has 2 heterocycles. The summed E-state index contributed by atoms with van der Waals surface area (Å²) in [6, 6.07) is 5.66. The van der Waals surface area contributed by atoms with Crippen LogP contribution in [0.1, 0.15) is 37.6 Å². The van der Waals surface area contributed by atoms with Crippen LogP contribution in [-0.2, 0) is 11.2 Å². The molecule has 1 aliphatic rings. The number of aromatic nitrogens is 2. The maximum Gasteiger partial charge on any atom is 0.257 e. The van der Waals surface area contributed by atoms with Gasteiger partial charge in [0.15, 0.2) is 5.82 Å². The zero-order chi connectivity index (χ0) is 16.2. The molecule has 122 valence electrons. The first kappa shape index (κ1) is 15.7. The number of piperidine rings is 1. The van der Waals surface area contributed by atoms with E-state index in [-0.39, 0.29) is 11.9 Å². The monoisotopic (exact) mass is 314 g/mol. The summed E-state index contributed by atoms with van der Waals surface area (Å²) in [5.74, 6) is 1.18. The highest BCUT2D eigenvalue weighted by molar-refractivity contribution is 5.96. The average Bonchev–Trinajstić information content (AvgIpc) is 3.07. The lowest BCUT2D eigenvalue weighted by atomic mass is 10.0. The molecule has 1 unspecified atom stereocenters. The van der Waals surface area contributed by atoms with Gasteiger partial charge in [-0.2, -0.15) is 4.98 Å². The Morgan fingerprint density at radius 2 is 2.30 bits per heavy atom. The van der Waals surface area contributed by atoms with E-state index in [1.54, 1.807) is 0 Å². The lowest BCUT2D eigenvalue weighted by Gasteiger charge is -2.23. The number of carbonyl (C=O) groups is 1. The highest BCUT2D eigenvalue weighted by Crippen LogP contribution is 2.25. The number of nitrogens with zero attached hydrogens (tertiary/aromatic N) is 2. The number of aryl methyl sites for hydroxylation is 2. The van der Waals surface area contributed by atoms with Crippen molar-refractivity contribution in [1.29, 1.82) is 0 Å². The van der Waals surface area contributed by atoms with Gasteiger partial charge in [-0.25, -0.2) is 0 Å². The van der Waals surface area contributed by atoms with Crippen LogP contribution in [0.5, 0.6) is 0 Å². The Balaban J connectivity index is 1.78. The molecular formula is C17H22N4O2. The molecule has 0 saturated carbocycles. The van der Waals surface area contributed by atoms with Crippen LogP contribution in [0.3, 0.4) is 0 Å². The highest BCUT2D eigenvalue weighted by Gasteiger charge is 2.21. The van der Waals surface area contributed by atoms with Crippen molar-refractivity contribution in [3.8, 4) is 11.5 Å². The molecule has 6 nitrogen and oxygen atoms in total. The Kier molecular flexibility index (Phi) is 4.71. The van der Waals surface area contributed by atoms with E-state index in [9.17, 15) is 4.79 Å². The van der Waals surface area contributed by atoms with Crippen molar-refractivity contribution in [2.45, 2.75) is 45.6 Å². The summed E-state index contributed by atoms with van der Waals surface area (Å²) in [7, 11) is 0. The number of amides is 1. The van der Waals surface area contributed by atoms with Crippen LogP contribution in [0.25, 0.3) is 11.5 Å². The Morgan fingerprint density at radius 1 is 1.43 bits per heavy atom. The van der Waals surface area contributed by atoms with E-state index in [0.29, 0.717) is 11.7 Å². The zero-order valence-electron chi connectivity index (χ0n) is 13.6. The van der Waals surface area contributed by atoms with Crippen LogP contribution in [0.2, 0.25) is 0 Å². The first-order chi connectivity index (χ1) is 11.2. The quantitative estimate of drug-likeness (QED) is 0.907. The Hall–Kier alpha value is -2.21. The molecule has 3 rings (SSSR count). The molecule has 6 heteroatoms. The molecule has 1 aliphatic heterocycles. The van der Waals surface area contributed by atoms with Crippen molar-refractivity contribution in [2.24, 2.45) is 0 Å². The molecule has 23 heavy (non-hydrogen) atoms. The second-order valence-corrected chi connectivity index (χ2v) is 5.89. The lowest BCUT2D eigenvalue weighted by Crippen LogP contribution is -2.43. The number of carbonyl (C=O) groups excluding carboxylic acids is 1. The predicted molar refractivity (Wildman–Crippen MR) is 88.1 cm³/mol. The maximum atomic E-state index is 12.4. The second-order valence-electron chi connectivity index (χ2n) is 5.89. The van der Waals surface area contributed by atoms with Crippen LogP contribution in [0.4, 0.5) is 5.69 Å². The minimum Gasteiger partial charge on any atom is -0.334 e. The van der Waals surface area contributed by atoms with Gasteiger partial charge >= 0.3 is 0 Å². The average molecular weight is 314 g/mol. The zero-order valence-corrected chi connectivity index (χ0v) is 13.6. The Labute approximate surface area is 135 Å². The summed E-state index contributed by atoms with van der Waals surface area (Å²) < 4.78 is 5.27. The van der Waals surface area contributed by atoms with Crippen molar-refractivity contribution in [1.82, 2.24) is 15.5 Å². The third-order valence-electron chi connectivity index (χ3n) is 4.15. The van der Waals surface area contributed by atoms with E-state index in [0.717, 1.165) is 49.0 Å². The van der Waals surface area contributed by atoms with Gasteiger partial charge in [0.1, 0.15) is 0 Å². The maximum absolute atomic E-state index is 12.4. The molecule has 0 aliphatic carbocycles. The Bertz CT molecular complexity index is 690. The van der Waals surface area contributed by atoms with Crippen LogP contribution in [0.15, 0.2) is 22.7 Å². The topological polar surface area (TPSA) is 80.0 Å². The number of rotatable bonds is 4. The molecule has 1 aromatic carbocycles. The van der Waals surface area contributed by atoms with Crippen LogP contribution in [-0.4, -0.2) is 28.6 Å². The largest absolute Gasteiger partial charge is 0.334 e. The van der Waals surface area contributed by atoms with E-state index in [1.807, 2.05) is 32.0 Å². The number of hydrogen-bond acceptors (Lipinski definition) is 5. The third-order valence-corrected chi connectivity index (χ3v) is 4.15. The molecule has 0 radical (unpaired) electrons. The van der Waals surface area contributed by atoms with E-state index in [1.165, 1.54) is 0 Å².